The van der Waals surface area contributed by atoms with Gasteiger partial charge in [-0.1, -0.05) is 13.0 Å². The van der Waals surface area contributed by atoms with E-state index in [0.29, 0.717) is 12.4 Å². The van der Waals surface area contributed by atoms with Gasteiger partial charge in [0.2, 0.25) is 0 Å². The molecule has 0 atom stereocenters. The van der Waals surface area contributed by atoms with E-state index in [1.165, 1.54) is 5.69 Å². The van der Waals surface area contributed by atoms with Gasteiger partial charge in [0.1, 0.15) is 5.65 Å². The van der Waals surface area contributed by atoms with Crippen molar-refractivity contribution in [2.24, 2.45) is 0 Å². The van der Waals surface area contributed by atoms with Gasteiger partial charge in [0, 0.05) is 48.4 Å². The average molecular weight is 381 g/mol. The van der Waals surface area contributed by atoms with Crippen LogP contribution in [0.1, 0.15) is 18.3 Å². The first-order valence-corrected chi connectivity index (χ1v) is 9.53. The number of hydrogen-bond acceptors (Lipinski definition) is 5. The summed E-state index contributed by atoms with van der Waals surface area (Å²) in [4.78, 5) is 22.4. The van der Waals surface area contributed by atoms with Gasteiger partial charge in [-0.15, -0.1) is 0 Å². The van der Waals surface area contributed by atoms with Crippen molar-refractivity contribution in [3.05, 3.63) is 85.0 Å². The minimum Gasteiger partial charge on any atom is -0.322 e. The predicted octanol–water partition coefficient (Wildman–Crippen LogP) is 3.66. The van der Waals surface area contributed by atoms with E-state index in [1.54, 1.807) is 24.7 Å². The molecule has 7 nitrogen and oxygen atoms in total. The molecule has 0 aliphatic carbocycles. The monoisotopic (exact) mass is 381 g/mol. The molecule has 0 bridgehead atoms. The molecular formula is C22H19N7. The van der Waals surface area contributed by atoms with Gasteiger partial charge >= 0.3 is 0 Å². The first-order chi connectivity index (χ1) is 14.3. The summed E-state index contributed by atoms with van der Waals surface area (Å²) in [6.07, 6.45) is 12.0. The van der Waals surface area contributed by atoms with E-state index in [1.807, 2.05) is 41.2 Å². The summed E-state index contributed by atoms with van der Waals surface area (Å²) in [7, 11) is 0. The van der Waals surface area contributed by atoms with Crippen LogP contribution in [-0.2, 0) is 13.0 Å². The topological polar surface area (TPSA) is 73.8 Å². The number of fused-ring (bicyclic) bond motifs is 1. The maximum atomic E-state index is 4.88. The zero-order chi connectivity index (χ0) is 19.6. The Kier molecular flexibility index (Phi) is 4.32. The van der Waals surface area contributed by atoms with Crippen molar-refractivity contribution in [1.82, 2.24) is 33.9 Å². The van der Waals surface area contributed by atoms with E-state index < -0.39 is 0 Å². The molecule has 7 heteroatoms. The molecule has 0 fully saturated rings. The number of pyridine rings is 2. The van der Waals surface area contributed by atoms with Gasteiger partial charge in [0.05, 0.1) is 17.9 Å². The van der Waals surface area contributed by atoms with E-state index in [-0.39, 0.29) is 0 Å². The molecule has 0 aliphatic heterocycles. The molecule has 0 aliphatic rings. The largest absolute Gasteiger partial charge is 0.322 e. The zero-order valence-corrected chi connectivity index (χ0v) is 16.0. The van der Waals surface area contributed by atoms with Crippen molar-refractivity contribution in [3.63, 3.8) is 0 Å². The summed E-state index contributed by atoms with van der Waals surface area (Å²) >= 11 is 0. The number of nitrogens with zero attached hydrogens (tertiary/aromatic N) is 7. The summed E-state index contributed by atoms with van der Waals surface area (Å²) in [6, 6.07) is 11.8. The standard InChI is InChI=1S/C22H19N7/c1-2-19-18(15-28-13-12-26-22(28)21-24-10-5-11-25-21)27-20-8-7-16(14-29(19)20)17-6-3-4-9-23-17/h3-14H,2,15H2,1H3. The second-order valence-electron chi connectivity index (χ2n) is 6.67. The highest BCUT2D eigenvalue weighted by Crippen LogP contribution is 2.22. The molecule has 5 heterocycles. The fourth-order valence-corrected chi connectivity index (χ4v) is 3.55. The summed E-state index contributed by atoms with van der Waals surface area (Å²) in [5.41, 5.74) is 5.13. The summed E-state index contributed by atoms with van der Waals surface area (Å²) < 4.78 is 4.20. The van der Waals surface area contributed by atoms with E-state index in [0.717, 1.165) is 34.8 Å². The van der Waals surface area contributed by atoms with Crippen LogP contribution < -0.4 is 0 Å². The second-order valence-corrected chi connectivity index (χ2v) is 6.67. The fraction of sp³-hybridized carbons (Fsp3) is 0.136. The van der Waals surface area contributed by atoms with Crippen molar-refractivity contribution in [1.29, 1.82) is 0 Å². The summed E-state index contributed by atoms with van der Waals surface area (Å²) in [6.45, 7) is 2.76. The van der Waals surface area contributed by atoms with Crippen molar-refractivity contribution in [2.75, 3.05) is 0 Å². The first-order valence-electron chi connectivity index (χ1n) is 9.53. The van der Waals surface area contributed by atoms with Crippen LogP contribution in [0.2, 0.25) is 0 Å². The number of hydrogen-bond donors (Lipinski definition) is 0. The van der Waals surface area contributed by atoms with E-state index in [2.05, 4.69) is 43.5 Å². The third-order valence-electron chi connectivity index (χ3n) is 4.90. The smallest absolute Gasteiger partial charge is 0.195 e. The molecule has 142 valence electrons. The number of aryl methyl sites for hydroxylation is 1. The molecule has 0 spiro atoms. The minimum absolute atomic E-state index is 0.608. The van der Waals surface area contributed by atoms with Crippen LogP contribution in [0.5, 0.6) is 0 Å². The Bertz CT molecular complexity index is 1260. The highest BCUT2D eigenvalue weighted by Gasteiger charge is 2.15. The molecule has 0 saturated carbocycles. The van der Waals surface area contributed by atoms with Crippen molar-refractivity contribution in [3.8, 4) is 22.9 Å². The zero-order valence-electron chi connectivity index (χ0n) is 16.0. The lowest BCUT2D eigenvalue weighted by Crippen LogP contribution is -2.06. The number of rotatable bonds is 5. The van der Waals surface area contributed by atoms with Gasteiger partial charge in [-0.05, 0) is 36.8 Å². The van der Waals surface area contributed by atoms with Crippen molar-refractivity contribution < 1.29 is 0 Å². The Hall–Kier alpha value is -3.87. The lowest BCUT2D eigenvalue weighted by atomic mass is 10.2. The van der Waals surface area contributed by atoms with Gasteiger partial charge in [-0.2, -0.15) is 0 Å². The van der Waals surface area contributed by atoms with Crippen LogP contribution in [0.3, 0.4) is 0 Å². The minimum atomic E-state index is 0.608. The molecule has 0 unspecified atom stereocenters. The molecule has 5 rings (SSSR count). The number of imidazole rings is 2. The Morgan fingerprint density at radius 3 is 2.52 bits per heavy atom. The summed E-state index contributed by atoms with van der Waals surface area (Å²) in [5.74, 6) is 1.34. The Morgan fingerprint density at radius 1 is 0.862 bits per heavy atom. The van der Waals surface area contributed by atoms with Crippen molar-refractivity contribution >= 4 is 5.65 Å². The molecule has 5 aromatic heterocycles. The lowest BCUT2D eigenvalue weighted by Gasteiger charge is -2.07. The number of aromatic nitrogens is 7. The van der Waals surface area contributed by atoms with Gasteiger partial charge in [0.25, 0.3) is 0 Å². The van der Waals surface area contributed by atoms with E-state index in [9.17, 15) is 0 Å². The predicted molar refractivity (Wildman–Crippen MR) is 110 cm³/mol. The Balaban J connectivity index is 1.56. The van der Waals surface area contributed by atoms with Crippen LogP contribution in [0, 0.1) is 0 Å². The lowest BCUT2D eigenvalue weighted by molar-refractivity contribution is 0.766. The van der Waals surface area contributed by atoms with Crippen molar-refractivity contribution in [2.45, 2.75) is 19.9 Å². The first kappa shape index (κ1) is 17.2. The highest BCUT2D eigenvalue weighted by molar-refractivity contribution is 5.61. The van der Waals surface area contributed by atoms with Gasteiger partial charge in [-0.25, -0.2) is 19.9 Å². The molecule has 5 aromatic rings. The fourth-order valence-electron chi connectivity index (χ4n) is 3.55. The highest BCUT2D eigenvalue weighted by atomic mass is 15.1. The Morgan fingerprint density at radius 2 is 1.72 bits per heavy atom. The molecule has 29 heavy (non-hydrogen) atoms. The van der Waals surface area contributed by atoms with E-state index >= 15 is 0 Å². The normalized spacial score (nSPS) is 11.2. The van der Waals surface area contributed by atoms with Crippen LogP contribution in [0.25, 0.3) is 28.6 Å². The molecule has 0 radical (unpaired) electrons. The molecule has 0 aromatic carbocycles. The molecule has 0 saturated heterocycles. The van der Waals surface area contributed by atoms with E-state index in [4.69, 9.17) is 4.98 Å². The molecular weight excluding hydrogens is 362 g/mol. The average Bonchev–Trinajstić information content (AvgIpc) is 3.38. The Labute approximate surface area is 167 Å². The summed E-state index contributed by atoms with van der Waals surface area (Å²) in [5, 5.41) is 0. The van der Waals surface area contributed by atoms with Crippen LogP contribution in [0.15, 0.2) is 73.6 Å². The molecule has 0 amide bonds. The van der Waals surface area contributed by atoms with Gasteiger partial charge < -0.3 is 8.97 Å². The second kappa shape index (κ2) is 7.27. The van der Waals surface area contributed by atoms with Crippen LogP contribution in [-0.4, -0.2) is 33.9 Å². The quantitative estimate of drug-likeness (QED) is 0.464. The molecule has 0 N–H and O–H groups in total. The van der Waals surface area contributed by atoms with Crippen LogP contribution >= 0.6 is 0 Å². The van der Waals surface area contributed by atoms with Crippen LogP contribution in [0.4, 0.5) is 0 Å². The SMILES string of the molecule is CCc1c(Cn2ccnc2-c2ncccn2)nc2ccc(-c3ccccn3)cn12. The van der Waals surface area contributed by atoms with Gasteiger partial charge in [0.15, 0.2) is 11.6 Å². The maximum Gasteiger partial charge on any atom is 0.195 e. The van der Waals surface area contributed by atoms with Gasteiger partial charge in [-0.3, -0.25) is 4.98 Å². The third-order valence-corrected chi connectivity index (χ3v) is 4.90. The maximum absolute atomic E-state index is 4.88. The third kappa shape index (κ3) is 3.16.